The Labute approximate surface area is 81.6 Å². The van der Waals surface area contributed by atoms with Crippen LogP contribution in [0.3, 0.4) is 0 Å². The molecule has 1 N–H and O–H groups in total. The molecule has 1 nitrogen and oxygen atoms in total. The second-order valence-electron chi connectivity index (χ2n) is 2.92. The first-order valence-electron chi connectivity index (χ1n) is 4.09. The number of aliphatic hydroxyl groups excluding tert-OH is 1. The van der Waals surface area contributed by atoms with Crippen LogP contribution >= 0.6 is 15.9 Å². The highest BCUT2D eigenvalue weighted by Gasteiger charge is 2.07. The minimum atomic E-state index is -0.331. The molecular weight excluding hydrogens is 216 g/mol. The van der Waals surface area contributed by atoms with Crippen molar-refractivity contribution in [3.63, 3.8) is 0 Å². The van der Waals surface area contributed by atoms with E-state index in [9.17, 15) is 5.11 Å². The Morgan fingerprint density at radius 1 is 1.50 bits per heavy atom. The van der Waals surface area contributed by atoms with Gasteiger partial charge in [-0.15, -0.1) is 0 Å². The average Bonchev–Trinajstić information content (AvgIpc) is 2.08. The zero-order valence-corrected chi connectivity index (χ0v) is 8.93. The molecule has 0 fully saturated rings. The highest BCUT2D eigenvalue weighted by atomic mass is 79.9. The van der Waals surface area contributed by atoms with Gasteiger partial charge in [0.05, 0.1) is 6.10 Å². The molecule has 0 amide bonds. The molecule has 0 aromatic heterocycles. The number of aliphatic hydroxyl groups is 1. The molecule has 0 heterocycles. The Bertz CT molecular complexity index is 271. The van der Waals surface area contributed by atoms with Crippen molar-refractivity contribution in [2.45, 2.75) is 26.4 Å². The lowest BCUT2D eigenvalue weighted by Crippen LogP contribution is -1.97. The van der Waals surface area contributed by atoms with Gasteiger partial charge in [-0.25, -0.2) is 0 Å². The van der Waals surface area contributed by atoms with Crippen LogP contribution in [-0.2, 0) is 0 Å². The Morgan fingerprint density at radius 3 is 2.75 bits per heavy atom. The summed E-state index contributed by atoms with van der Waals surface area (Å²) in [6.07, 6.45) is 0.430. The molecule has 1 aromatic carbocycles. The number of halogens is 1. The molecule has 0 bridgehead atoms. The average molecular weight is 229 g/mol. The predicted molar refractivity (Wildman–Crippen MR) is 54.1 cm³/mol. The molecule has 0 aliphatic rings. The molecule has 0 saturated heterocycles. The second-order valence-corrected chi connectivity index (χ2v) is 3.84. The summed E-state index contributed by atoms with van der Waals surface area (Å²) in [5.41, 5.74) is 2.17. The van der Waals surface area contributed by atoms with Crippen LogP contribution in [-0.4, -0.2) is 5.11 Å². The normalized spacial score (nSPS) is 13.0. The van der Waals surface area contributed by atoms with E-state index in [0.29, 0.717) is 0 Å². The Morgan fingerprint density at radius 2 is 2.17 bits per heavy atom. The molecule has 1 aromatic rings. The van der Waals surface area contributed by atoms with Gasteiger partial charge < -0.3 is 5.11 Å². The maximum absolute atomic E-state index is 9.61. The van der Waals surface area contributed by atoms with Crippen LogP contribution < -0.4 is 0 Å². The van der Waals surface area contributed by atoms with Gasteiger partial charge in [0.15, 0.2) is 0 Å². The maximum Gasteiger partial charge on any atom is 0.0790 e. The van der Waals surface area contributed by atoms with Gasteiger partial charge in [-0.1, -0.05) is 28.9 Å². The molecule has 0 spiro atoms. The van der Waals surface area contributed by atoms with Gasteiger partial charge in [-0.3, -0.25) is 0 Å². The van der Waals surface area contributed by atoms with E-state index in [1.807, 2.05) is 32.0 Å². The molecule has 0 radical (unpaired) electrons. The third-order valence-electron chi connectivity index (χ3n) is 1.99. The van der Waals surface area contributed by atoms with E-state index in [-0.39, 0.29) is 6.10 Å². The number of hydrogen-bond donors (Lipinski definition) is 1. The van der Waals surface area contributed by atoms with E-state index in [1.54, 1.807) is 0 Å². The van der Waals surface area contributed by atoms with Crippen molar-refractivity contribution in [2.24, 2.45) is 0 Å². The highest BCUT2D eigenvalue weighted by molar-refractivity contribution is 9.10. The van der Waals surface area contributed by atoms with E-state index >= 15 is 0 Å². The molecule has 2 heteroatoms. The fourth-order valence-corrected chi connectivity index (χ4v) is 1.57. The lowest BCUT2D eigenvalue weighted by molar-refractivity contribution is 0.173. The van der Waals surface area contributed by atoms with E-state index < -0.39 is 0 Å². The molecule has 12 heavy (non-hydrogen) atoms. The monoisotopic (exact) mass is 228 g/mol. The van der Waals surface area contributed by atoms with Crippen molar-refractivity contribution >= 4 is 15.9 Å². The smallest absolute Gasteiger partial charge is 0.0790 e. The lowest BCUT2D eigenvalue weighted by Gasteiger charge is -2.11. The van der Waals surface area contributed by atoms with E-state index in [4.69, 9.17) is 0 Å². The van der Waals surface area contributed by atoms with Crippen LogP contribution in [0.25, 0.3) is 0 Å². The molecule has 1 rings (SSSR count). The first-order chi connectivity index (χ1) is 5.65. The molecule has 1 unspecified atom stereocenters. The van der Waals surface area contributed by atoms with Crippen molar-refractivity contribution in [3.05, 3.63) is 33.8 Å². The Balaban J connectivity index is 3.04. The van der Waals surface area contributed by atoms with Gasteiger partial charge in [0.25, 0.3) is 0 Å². The number of benzene rings is 1. The van der Waals surface area contributed by atoms with Gasteiger partial charge in [0.1, 0.15) is 0 Å². The SMILES string of the molecule is CCC(O)c1cc(Br)ccc1C. The summed E-state index contributed by atoms with van der Waals surface area (Å²) in [5, 5.41) is 9.61. The van der Waals surface area contributed by atoms with E-state index in [1.165, 1.54) is 0 Å². The van der Waals surface area contributed by atoms with Crippen molar-refractivity contribution in [1.29, 1.82) is 0 Å². The van der Waals surface area contributed by atoms with Crippen LogP contribution in [0.15, 0.2) is 22.7 Å². The van der Waals surface area contributed by atoms with Gasteiger partial charge in [-0.2, -0.15) is 0 Å². The van der Waals surface area contributed by atoms with Crippen molar-refractivity contribution in [2.75, 3.05) is 0 Å². The van der Waals surface area contributed by atoms with Gasteiger partial charge >= 0.3 is 0 Å². The minimum Gasteiger partial charge on any atom is -0.388 e. The van der Waals surface area contributed by atoms with E-state index in [0.717, 1.165) is 22.0 Å². The standard InChI is InChI=1S/C10H13BrO/c1-3-10(12)9-6-8(11)5-4-7(9)2/h4-6,10,12H,3H2,1-2H3. The Kier molecular flexibility index (Phi) is 3.29. The molecule has 0 aliphatic heterocycles. The lowest BCUT2D eigenvalue weighted by atomic mass is 10.0. The fourth-order valence-electron chi connectivity index (χ4n) is 1.19. The zero-order chi connectivity index (χ0) is 9.14. The van der Waals surface area contributed by atoms with Crippen LogP contribution in [0, 0.1) is 6.92 Å². The van der Waals surface area contributed by atoms with Gasteiger partial charge in [-0.05, 0) is 36.6 Å². The third kappa shape index (κ3) is 2.08. The summed E-state index contributed by atoms with van der Waals surface area (Å²) in [7, 11) is 0. The molecule has 1 atom stereocenters. The fraction of sp³-hybridized carbons (Fsp3) is 0.400. The quantitative estimate of drug-likeness (QED) is 0.825. The highest BCUT2D eigenvalue weighted by Crippen LogP contribution is 2.23. The molecule has 66 valence electrons. The summed E-state index contributed by atoms with van der Waals surface area (Å²) >= 11 is 3.38. The van der Waals surface area contributed by atoms with Crippen LogP contribution in [0.5, 0.6) is 0 Å². The molecular formula is C10H13BrO. The van der Waals surface area contributed by atoms with Crippen LogP contribution in [0.2, 0.25) is 0 Å². The minimum absolute atomic E-state index is 0.331. The summed E-state index contributed by atoms with van der Waals surface area (Å²) < 4.78 is 1.02. The summed E-state index contributed by atoms with van der Waals surface area (Å²) in [4.78, 5) is 0. The Hall–Kier alpha value is -0.340. The first kappa shape index (κ1) is 9.75. The van der Waals surface area contributed by atoms with Gasteiger partial charge in [0, 0.05) is 4.47 Å². The first-order valence-corrected chi connectivity index (χ1v) is 4.88. The third-order valence-corrected chi connectivity index (χ3v) is 2.48. The number of hydrogen-bond acceptors (Lipinski definition) is 1. The summed E-state index contributed by atoms with van der Waals surface area (Å²) in [6, 6.07) is 5.98. The van der Waals surface area contributed by atoms with Crippen molar-refractivity contribution in [3.8, 4) is 0 Å². The molecule has 0 aliphatic carbocycles. The van der Waals surface area contributed by atoms with Crippen molar-refractivity contribution in [1.82, 2.24) is 0 Å². The zero-order valence-electron chi connectivity index (χ0n) is 7.34. The number of aryl methyl sites for hydroxylation is 1. The largest absolute Gasteiger partial charge is 0.388 e. The molecule has 0 saturated carbocycles. The van der Waals surface area contributed by atoms with Crippen molar-refractivity contribution < 1.29 is 5.11 Å². The van der Waals surface area contributed by atoms with Crippen LogP contribution in [0.1, 0.15) is 30.6 Å². The predicted octanol–water partition coefficient (Wildman–Crippen LogP) is 3.20. The van der Waals surface area contributed by atoms with Gasteiger partial charge in [0.2, 0.25) is 0 Å². The summed E-state index contributed by atoms with van der Waals surface area (Å²) in [5.74, 6) is 0. The summed E-state index contributed by atoms with van der Waals surface area (Å²) in [6.45, 7) is 3.99. The topological polar surface area (TPSA) is 20.2 Å². The maximum atomic E-state index is 9.61. The number of rotatable bonds is 2. The second kappa shape index (κ2) is 4.06. The van der Waals surface area contributed by atoms with Crippen LogP contribution in [0.4, 0.5) is 0 Å². The van der Waals surface area contributed by atoms with E-state index in [2.05, 4.69) is 15.9 Å².